The van der Waals surface area contributed by atoms with Gasteiger partial charge in [-0.05, 0) is 18.4 Å². The van der Waals surface area contributed by atoms with Gasteiger partial charge < -0.3 is 0 Å². The van der Waals surface area contributed by atoms with Crippen molar-refractivity contribution in [3.63, 3.8) is 0 Å². The number of unbranched alkanes of at least 4 members (excludes halogenated alkanes) is 1. The highest BCUT2D eigenvalue weighted by molar-refractivity contribution is 5.26. The smallest absolute Gasteiger partial charge is 0.0335 e. The van der Waals surface area contributed by atoms with Crippen molar-refractivity contribution in [2.24, 2.45) is 0 Å². The van der Waals surface area contributed by atoms with Gasteiger partial charge >= 0.3 is 0 Å². The molecular weight excluding hydrogens is 132 g/mol. The number of allylic oxidation sites excluding steroid dienone is 5. The molecule has 0 heteroatoms. The molecule has 0 aliphatic heterocycles. The molecule has 0 aromatic carbocycles. The van der Waals surface area contributed by atoms with Gasteiger partial charge in [-0.2, -0.15) is 0 Å². The minimum Gasteiger partial charge on any atom is -0.0918 e. The maximum absolute atomic E-state index is 3.89. The van der Waals surface area contributed by atoms with Crippen LogP contribution < -0.4 is 0 Å². The van der Waals surface area contributed by atoms with Crippen LogP contribution in [0.3, 0.4) is 0 Å². The van der Waals surface area contributed by atoms with E-state index in [-0.39, 0.29) is 0 Å². The molecule has 0 rings (SSSR count). The maximum atomic E-state index is 3.89. The molecule has 11 heavy (non-hydrogen) atoms. The average Bonchev–Trinajstić information content (AvgIpc) is 2.01. The Morgan fingerprint density at radius 3 is 2.36 bits per heavy atom. The zero-order chi connectivity index (χ0) is 8.53. The molecule has 0 saturated carbocycles. The van der Waals surface area contributed by atoms with E-state index >= 15 is 0 Å². The van der Waals surface area contributed by atoms with Crippen molar-refractivity contribution < 1.29 is 0 Å². The van der Waals surface area contributed by atoms with Gasteiger partial charge in [-0.15, -0.1) is 0 Å². The molecule has 0 saturated heterocycles. The number of hydrogen-bond acceptors (Lipinski definition) is 0. The number of hydrogen-bond donors (Lipinski definition) is 0. The summed E-state index contributed by atoms with van der Waals surface area (Å²) in [5, 5.41) is 0. The predicted octanol–water partition coefficient (Wildman–Crippen LogP) is 3.87. The molecule has 0 aliphatic carbocycles. The van der Waals surface area contributed by atoms with Gasteiger partial charge in [-0.3, -0.25) is 0 Å². The van der Waals surface area contributed by atoms with Gasteiger partial charge in [0.25, 0.3) is 0 Å². The van der Waals surface area contributed by atoms with E-state index in [2.05, 4.69) is 44.7 Å². The summed E-state index contributed by atoms with van der Waals surface area (Å²) in [6.45, 7) is 8.19. The van der Waals surface area contributed by atoms with Crippen LogP contribution in [-0.4, -0.2) is 0 Å². The SMILES string of the molecule is C=C(C=CCC)C=CCCC. The van der Waals surface area contributed by atoms with Crippen LogP contribution in [0.15, 0.2) is 36.5 Å². The molecule has 0 spiro atoms. The van der Waals surface area contributed by atoms with Gasteiger partial charge in [0.1, 0.15) is 0 Å². The van der Waals surface area contributed by atoms with Crippen molar-refractivity contribution in [2.45, 2.75) is 33.1 Å². The second kappa shape index (κ2) is 7.33. The lowest BCUT2D eigenvalue weighted by atomic mass is 10.2. The van der Waals surface area contributed by atoms with Crippen LogP contribution in [0.2, 0.25) is 0 Å². The summed E-state index contributed by atoms with van der Waals surface area (Å²) in [5.74, 6) is 0. The molecule has 0 radical (unpaired) electrons. The summed E-state index contributed by atoms with van der Waals surface area (Å²) in [7, 11) is 0. The van der Waals surface area contributed by atoms with Crippen LogP contribution in [0, 0.1) is 0 Å². The molecule has 0 bridgehead atoms. The molecule has 0 aliphatic rings. The van der Waals surface area contributed by atoms with Gasteiger partial charge in [0, 0.05) is 0 Å². The topological polar surface area (TPSA) is 0 Å². The predicted molar refractivity (Wildman–Crippen MR) is 52.6 cm³/mol. The third-order valence-electron chi connectivity index (χ3n) is 1.35. The first-order valence-electron chi connectivity index (χ1n) is 4.33. The van der Waals surface area contributed by atoms with E-state index in [0.717, 1.165) is 18.4 Å². The molecule has 0 amide bonds. The second-order valence-corrected chi connectivity index (χ2v) is 2.58. The minimum atomic E-state index is 1.08. The molecule has 0 nitrogen and oxygen atoms in total. The summed E-state index contributed by atoms with van der Waals surface area (Å²) < 4.78 is 0. The van der Waals surface area contributed by atoms with Crippen molar-refractivity contribution in [3.8, 4) is 0 Å². The van der Waals surface area contributed by atoms with Crippen LogP contribution >= 0.6 is 0 Å². The van der Waals surface area contributed by atoms with Gasteiger partial charge in [-0.1, -0.05) is 51.2 Å². The Hall–Kier alpha value is -0.780. The first-order valence-corrected chi connectivity index (χ1v) is 4.33. The Bertz CT molecular complexity index is 149. The Kier molecular flexibility index (Phi) is 6.81. The summed E-state index contributed by atoms with van der Waals surface area (Å²) in [6.07, 6.45) is 11.9. The number of rotatable bonds is 5. The molecule has 0 aromatic rings. The molecule has 0 N–H and O–H groups in total. The van der Waals surface area contributed by atoms with Gasteiger partial charge in [0.2, 0.25) is 0 Å². The highest BCUT2D eigenvalue weighted by Crippen LogP contribution is 1.98. The first kappa shape index (κ1) is 10.2. The van der Waals surface area contributed by atoms with Crippen LogP contribution in [0.25, 0.3) is 0 Å². The van der Waals surface area contributed by atoms with Crippen LogP contribution in [0.5, 0.6) is 0 Å². The van der Waals surface area contributed by atoms with Crippen molar-refractivity contribution in [1.82, 2.24) is 0 Å². The van der Waals surface area contributed by atoms with Crippen molar-refractivity contribution >= 4 is 0 Å². The monoisotopic (exact) mass is 150 g/mol. The van der Waals surface area contributed by atoms with Crippen molar-refractivity contribution in [2.75, 3.05) is 0 Å². The molecule has 0 heterocycles. The van der Waals surface area contributed by atoms with E-state index in [4.69, 9.17) is 0 Å². The fourth-order valence-corrected chi connectivity index (χ4v) is 0.726. The van der Waals surface area contributed by atoms with Gasteiger partial charge in [0.05, 0.1) is 0 Å². The maximum Gasteiger partial charge on any atom is -0.0335 e. The van der Waals surface area contributed by atoms with E-state index in [0.29, 0.717) is 0 Å². The van der Waals surface area contributed by atoms with Crippen LogP contribution in [0.1, 0.15) is 33.1 Å². The Morgan fingerprint density at radius 1 is 1.18 bits per heavy atom. The molecule has 0 unspecified atom stereocenters. The standard InChI is InChI=1S/C11H18/c1-4-6-8-10-11(3)9-7-5-2/h7-10H,3-6H2,1-2H3. The highest BCUT2D eigenvalue weighted by atomic mass is 13.8. The van der Waals surface area contributed by atoms with Crippen molar-refractivity contribution in [1.29, 1.82) is 0 Å². The summed E-state index contributed by atoms with van der Waals surface area (Å²) in [4.78, 5) is 0. The summed E-state index contributed by atoms with van der Waals surface area (Å²) >= 11 is 0. The lowest BCUT2D eigenvalue weighted by Gasteiger charge is -1.88. The third-order valence-corrected chi connectivity index (χ3v) is 1.35. The third kappa shape index (κ3) is 7.11. The van der Waals surface area contributed by atoms with Crippen LogP contribution in [-0.2, 0) is 0 Å². The van der Waals surface area contributed by atoms with Crippen LogP contribution in [0.4, 0.5) is 0 Å². The minimum absolute atomic E-state index is 1.08. The second-order valence-electron chi connectivity index (χ2n) is 2.58. The van der Waals surface area contributed by atoms with Gasteiger partial charge in [0.15, 0.2) is 0 Å². The molecule has 0 fully saturated rings. The Labute approximate surface area is 70.3 Å². The van der Waals surface area contributed by atoms with E-state index in [1.165, 1.54) is 6.42 Å². The molecular formula is C11H18. The largest absolute Gasteiger partial charge is 0.0918 e. The van der Waals surface area contributed by atoms with E-state index < -0.39 is 0 Å². The molecule has 0 atom stereocenters. The summed E-state index contributed by atoms with van der Waals surface area (Å²) in [6, 6.07) is 0. The zero-order valence-corrected chi connectivity index (χ0v) is 7.64. The van der Waals surface area contributed by atoms with Gasteiger partial charge in [-0.25, -0.2) is 0 Å². The van der Waals surface area contributed by atoms with Crippen molar-refractivity contribution in [3.05, 3.63) is 36.5 Å². The van der Waals surface area contributed by atoms with E-state index in [9.17, 15) is 0 Å². The zero-order valence-electron chi connectivity index (χ0n) is 7.64. The lowest BCUT2D eigenvalue weighted by molar-refractivity contribution is 0.958. The Morgan fingerprint density at radius 2 is 1.82 bits per heavy atom. The quantitative estimate of drug-likeness (QED) is 0.522. The fourth-order valence-electron chi connectivity index (χ4n) is 0.726. The first-order chi connectivity index (χ1) is 5.31. The highest BCUT2D eigenvalue weighted by Gasteiger charge is 1.78. The normalized spacial score (nSPS) is 11.5. The average molecular weight is 150 g/mol. The van der Waals surface area contributed by atoms with E-state index in [1.54, 1.807) is 0 Å². The fraction of sp³-hybridized carbons (Fsp3) is 0.455. The van der Waals surface area contributed by atoms with E-state index in [1.807, 2.05) is 0 Å². The molecule has 0 aromatic heterocycles. The Balaban J connectivity index is 3.59. The molecule has 62 valence electrons. The summed E-state index contributed by atoms with van der Waals surface area (Å²) in [5.41, 5.74) is 1.10. The lowest BCUT2D eigenvalue weighted by Crippen LogP contribution is -1.67.